The number of aliphatic hydroxyl groups excluding tert-OH is 2. The third-order valence-electron chi connectivity index (χ3n) is 7.07. The van der Waals surface area contributed by atoms with Crippen LogP contribution in [0, 0.1) is 0 Å². The van der Waals surface area contributed by atoms with Gasteiger partial charge in [0.25, 0.3) is 0 Å². The zero-order valence-corrected chi connectivity index (χ0v) is 29.5. The Balaban J connectivity index is 0.000000683. The molecule has 2 unspecified atom stereocenters. The molecule has 51 heavy (non-hydrogen) atoms. The van der Waals surface area contributed by atoms with Crippen LogP contribution in [0.25, 0.3) is 0 Å². The van der Waals surface area contributed by atoms with Crippen LogP contribution in [-0.4, -0.2) is 85.9 Å². The molecule has 2 atom stereocenters. The predicted octanol–water partition coefficient (Wildman–Crippen LogP) is 4.96. The van der Waals surface area contributed by atoms with Crippen molar-refractivity contribution in [3.05, 3.63) is 110 Å². The summed E-state index contributed by atoms with van der Waals surface area (Å²) in [6, 6.07) is 15.1. The van der Waals surface area contributed by atoms with Crippen molar-refractivity contribution in [2.24, 2.45) is 0 Å². The molecule has 0 saturated heterocycles. The number of carbonyl (C=O) groups excluding carboxylic acids is 4. The predicted molar refractivity (Wildman–Crippen MR) is 191 cm³/mol. The van der Waals surface area contributed by atoms with Crippen LogP contribution in [0.4, 0.5) is 0 Å². The minimum Gasteiger partial charge on any atom is -0.491 e. The highest BCUT2D eigenvalue weighted by Gasteiger charge is 2.23. The van der Waals surface area contributed by atoms with E-state index in [1.54, 1.807) is 0 Å². The summed E-state index contributed by atoms with van der Waals surface area (Å²) in [7, 11) is 0. The number of aliphatic hydroxyl groups is 2. The lowest BCUT2D eigenvalue weighted by atomic mass is 9.78. The number of hydrogen-bond donors (Lipinski definition) is 2. The van der Waals surface area contributed by atoms with E-state index in [2.05, 4.69) is 40.2 Å². The second-order valence-corrected chi connectivity index (χ2v) is 11.4. The van der Waals surface area contributed by atoms with E-state index in [9.17, 15) is 29.4 Å². The summed E-state index contributed by atoms with van der Waals surface area (Å²) in [6.07, 6.45) is 5.98. The molecule has 0 aliphatic heterocycles. The molecule has 0 aliphatic carbocycles. The second kappa shape index (κ2) is 24.9. The zero-order chi connectivity index (χ0) is 38.1. The van der Waals surface area contributed by atoms with Gasteiger partial charge in [-0.2, -0.15) is 0 Å². The number of unbranched alkanes of at least 4 members (excludes halogenated alkanes) is 3. The molecule has 278 valence electrons. The van der Waals surface area contributed by atoms with Crippen molar-refractivity contribution in [1.29, 1.82) is 0 Å². The first-order chi connectivity index (χ1) is 24.4. The van der Waals surface area contributed by atoms with E-state index in [1.807, 2.05) is 48.5 Å². The fraction of sp³-hybridized carbons (Fsp3) is 0.385. The maximum absolute atomic E-state index is 11.0. The molecule has 0 aromatic heterocycles. The van der Waals surface area contributed by atoms with Gasteiger partial charge < -0.3 is 38.6 Å². The molecule has 0 spiro atoms. The van der Waals surface area contributed by atoms with E-state index in [0.717, 1.165) is 61.1 Å². The highest BCUT2D eigenvalue weighted by Crippen LogP contribution is 2.33. The lowest BCUT2D eigenvalue weighted by Crippen LogP contribution is -2.25. The van der Waals surface area contributed by atoms with Gasteiger partial charge in [-0.1, -0.05) is 64.4 Å². The number of esters is 4. The van der Waals surface area contributed by atoms with Crippen molar-refractivity contribution in [3.8, 4) is 11.5 Å². The van der Waals surface area contributed by atoms with Gasteiger partial charge in [0, 0.05) is 29.7 Å². The fourth-order valence-corrected chi connectivity index (χ4v) is 4.08. The summed E-state index contributed by atoms with van der Waals surface area (Å²) in [5.41, 5.74) is 1.80. The van der Waals surface area contributed by atoms with Gasteiger partial charge in [0.15, 0.2) is 0 Å². The highest BCUT2D eigenvalue weighted by atomic mass is 16.6. The number of benzene rings is 2. The van der Waals surface area contributed by atoms with Gasteiger partial charge in [-0.15, -0.1) is 0 Å². The van der Waals surface area contributed by atoms with Crippen molar-refractivity contribution in [3.63, 3.8) is 0 Å². The Morgan fingerprint density at radius 2 is 0.863 bits per heavy atom. The SMILES string of the molecule is C=CC(=O)OCC(O)COc1ccc(C(C)(C)c2ccc(OCC(O)COC(=O)C=C)cc2)cc1.C=CC(=O)OCCCCCCOC(=O)C=C. The quantitative estimate of drug-likeness (QED) is 0.0691. The van der Waals surface area contributed by atoms with Crippen LogP contribution in [0.3, 0.4) is 0 Å². The molecule has 0 heterocycles. The molecule has 0 fully saturated rings. The molecule has 12 nitrogen and oxygen atoms in total. The van der Waals surface area contributed by atoms with Crippen molar-refractivity contribution in [2.75, 3.05) is 39.6 Å². The molecule has 0 bridgehead atoms. The molecule has 0 saturated carbocycles. The maximum Gasteiger partial charge on any atom is 0.330 e. The molecule has 2 N–H and O–H groups in total. The van der Waals surface area contributed by atoms with Crippen LogP contribution in [-0.2, 0) is 43.5 Å². The summed E-state index contributed by atoms with van der Waals surface area (Å²) < 4.78 is 30.3. The second-order valence-electron chi connectivity index (χ2n) is 11.4. The molecular weight excluding hydrogens is 660 g/mol. The summed E-state index contributed by atoms with van der Waals surface area (Å²) in [6.45, 7) is 17.8. The Bertz CT molecular complexity index is 1290. The largest absolute Gasteiger partial charge is 0.491 e. The summed E-state index contributed by atoms with van der Waals surface area (Å²) in [4.78, 5) is 43.4. The van der Waals surface area contributed by atoms with E-state index < -0.39 is 24.1 Å². The molecule has 0 aliphatic rings. The maximum atomic E-state index is 11.0. The Morgan fingerprint density at radius 3 is 1.18 bits per heavy atom. The van der Waals surface area contributed by atoms with Crippen LogP contribution in [0.2, 0.25) is 0 Å². The Kier molecular flexibility index (Phi) is 21.4. The Morgan fingerprint density at radius 1 is 0.549 bits per heavy atom. The first-order valence-electron chi connectivity index (χ1n) is 16.4. The van der Waals surface area contributed by atoms with Crippen LogP contribution in [0.15, 0.2) is 99.2 Å². The van der Waals surface area contributed by atoms with E-state index in [1.165, 1.54) is 0 Å². The molecule has 0 radical (unpaired) electrons. The van der Waals surface area contributed by atoms with Crippen molar-refractivity contribution in [2.45, 2.75) is 57.2 Å². The highest BCUT2D eigenvalue weighted by molar-refractivity contribution is 5.82. The van der Waals surface area contributed by atoms with Crippen molar-refractivity contribution < 1.29 is 57.8 Å². The van der Waals surface area contributed by atoms with Gasteiger partial charge in [-0.05, 0) is 61.1 Å². The lowest BCUT2D eigenvalue weighted by Gasteiger charge is -2.26. The van der Waals surface area contributed by atoms with Gasteiger partial charge in [0.1, 0.15) is 50.1 Å². The van der Waals surface area contributed by atoms with Gasteiger partial charge in [-0.25, -0.2) is 19.2 Å². The third-order valence-corrected chi connectivity index (χ3v) is 7.07. The first kappa shape index (κ1) is 43.8. The smallest absolute Gasteiger partial charge is 0.330 e. The summed E-state index contributed by atoms with van der Waals surface area (Å²) in [5.74, 6) is -0.807. The van der Waals surface area contributed by atoms with Crippen LogP contribution >= 0.6 is 0 Å². The zero-order valence-electron chi connectivity index (χ0n) is 29.5. The molecular formula is C39H50O12. The summed E-state index contributed by atoms with van der Waals surface area (Å²) in [5, 5.41) is 19.7. The number of hydrogen-bond acceptors (Lipinski definition) is 12. The normalized spacial score (nSPS) is 11.6. The average molecular weight is 711 g/mol. The van der Waals surface area contributed by atoms with E-state index in [-0.39, 0.29) is 43.8 Å². The van der Waals surface area contributed by atoms with Crippen LogP contribution in [0.5, 0.6) is 11.5 Å². The molecule has 0 amide bonds. The third kappa shape index (κ3) is 19.0. The van der Waals surface area contributed by atoms with Crippen LogP contribution in [0.1, 0.15) is 50.7 Å². The fourth-order valence-electron chi connectivity index (χ4n) is 4.08. The molecule has 12 heteroatoms. The standard InChI is InChI=1S/C27H32O8.C12H18O4/c1-5-25(30)34-17-21(28)15-32-23-11-7-19(8-12-23)27(3,4)20-9-13-24(14-10-20)33-16-22(29)18-35-26(31)6-2;1-3-11(13)15-9-7-5-6-8-10-16-12(14)4-2/h5-14,21-22,28-29H,1-2,15-18H2,3-4H3;3-4H,1-2,5-10H2. The van der Waals surface area contributed by atoms with E-state index in [4.69, 9.17) is 28.4 Å². The summed E-state index contributed by atoms with van der Waals surface area (Å²) >= 11 is 0. The average Bonchev–Trinajstić information content (AvgIpc) is 3.15. The topological polar surface area (TPSA) is 164 Å². The molecule has 2 aromatic rings. The lowest BCUT2D eigenvalue weighted by molar-refractivity contribution is -0.142. The van der Waals surface area contributed by atoms with Gasteiger partial charge >= 0.3 is 23.9 Å². The minimum atomic E-state index is -0.945. The number of rotatable bonds is 23. The van der Waals surface area contributed by atoms with Gasteiger partial charge in [-0.3, -0.25) is 0 Å². The monoisotopic (exact) mass is 710 g/mol. The number of ether oxygens (including phenoxy) is 6. The number of carbonyl (C=O) groups is 4. The Labute approximate surface area is 300 Å². The van der Waals surface area contributed by atoms with Crippen LogP contribution < -0.4 is 9.47 Å². The van der Waals surface area contributed by atoms with Crippen molar-refractivity contribution >= 4 is 23.9 Å². The minimum absolute atomic E-state index is 0.0139. The van der Waals surface area contributed by atoms with Crippen molar-refractivity contribution in [1.82, 2.24) is 0 Å². The van der Waals surface area contributed by atoms with Gasteiger partial charge in [0.2, 0.25) is 0 Å². The van der Waals surface area contributed by atoms with E-state index >= 15 is 0 Å². The molecule has 2 aromatic carbocycles. The molecule has 2 rings (SSSR count). The van der Waals surface area contributed by atoms with E-state index in [0.29, 0.717) is 24.7 Å². The Hall–Kier alpha value is -5.20. The first-order valence-corrected chi connectivity index (χ1v) is 16.4. The van der Waals surface area contributed by atoms with Gasteiger partial charge in [0.05, 0.1) is 13.2 Å².